The fourth-order valence-corrected chi connectivity index (χ4v) is 4.97. The first-order valence-electron chi connectivity index (χ1n) is 8.27. The van der Waals surface area contributed by atoms with Crippen LogP contribution in [0, 0.1) is 6.92 Å². The normalized spacial score (nSPS) is 15.2. The van der Waals surface area contributed by atoms with Gasteiger partial charge in [0.1, 0.15) is 0 Å². The summed E-state index contributed by atoms with van der Waals surface area (Å²) in [6.07, 6.45) is 0.457. The third-order valence-corrected chi connectivity index (χ3v) is 7.15. The molecule has 0 unspecified atom stereocenters. The van der Waals surface area contributed by atoms with Crippen LogP contribution >= 0.6 is 11.6 Å². The first-order chi connectivity index (χ1) is 12.4. The summed E-state index contributed by atoms with van der Waals surface area (Å²) in [5, 5.41) is 1.13. The number of benzene rings is 2. The summed E-state index contributed by atoms with van der Waals surface area (Å²) in [6.45, 7) is 2.26. The highest BCUT2D eigenvalue weighted by Gasteiger charge is 2.30. The minimum absolute atomic E-state index is 0.0690. The molecule has 4 rings (SSSR count). The van der Waals surface area contributed by atoms with Crippen LogP contribution in [-0.4, -0.2) is 24.3 Å². The Morgan fingerprint density at radius 1 is 1.12 bits per heavy atom. The Kier molecular flexibility index (Phi) is 4.14. The molecule has 0 aliphatic carbocycles. The average Bonchev–Trinajstić information content (AvgIpc) is 2.66. The average molecular weight is 389 g/mol. The number of hydrogen-bond acceptors (Lipinski definition) is 3. The summed E-state index contributed by atoms with van der Waals surface area (Å²) in [7, 11) is -3.63. The lowest BCUT2D eigenvalue weighted by molar-refractivity contribution is 0.387. The number of fused-ring (bicyclic) bond motifs is 2. The molecule has 1 aromatic heterocycles. The maximum atomic E-state index is 13.0. The number of aromatic nitrogens is 1. The second kappa shape index (κ2) is 6.23. The molecule has 7 heteroatoms. The maximum absolute atomic E-state index is 13.0. The van der Waals surface area contributed by atoms with E-state index in [9.17, 15) is 13.2 Å². The van der Waals surface area contributed by atoms with Gasteiger partial charge in [0.25, 0.3) is 0 Å². The minimum Gasteiger partial charge on any atom is -0.358 e. The van der Waals surface area contributed by atoms with Gasteiger partial charge >= 0.3 is 0 Å². The van der Waals surface area contributed by atoms with Crippen LogP contribution in [0.15, 0.2) is 52.2 Å². The third-order valence-electron chi connectivity index (χ3n) is 4.88. The van der Waals surface area contributed by atoms with Gasteiger partial charge in [-0.15, -0.1) is 0 Å². The van der Waals surface area contributed by atoms with Crippen molar-refractivity contribution in [2.45, 2.75) is 24.8 Å². The van der Waals surface area contributed by atoms with Gasteiger partial charge in [0.15, 0.2) is 5.43 Å². The molecule has 0 saturated carbocycles. The molecule has 1 aliphatic heterocycles. The number of pyridine rings is 1. The maximum Gasteiger partial charge on any atom is 0.243 e. The molecule has 1 aliphatic rings. The lowest BCUT2D eigenvalue weighted by atomic mass is 10.0. The van der Waals surface area contributed by atoms with Crippen molar-refractivity contribution in [1.82, 2.24) is 9.29 Å². The number of aromatic amines is 1. The van der Waals surface area contributed by atoms with E-state index >= 15 is 0 Å². The Morgan fingerprint density at radius 2 is 1.85 bits per heavy atom. The predicted molar refractivity (Wildman–Crippen MR) is 102 cm³/mol. The molecule has 3 aromatic rings. The summed E-state index contributed by atoms with van der Waals surface area (Å²) in [4.78, 5) is 16.5. The highest BCUT2D eigenvalue weighted by atomic mass is 35.5. The van der Waals surface area contributed by atoms with Crippen LogP contribution < -0.4 is 5.43 Å². The molecule has 0 fully saturated rings. The molecule has 0 amide bonds. The Hall–Kier alpha value is -2.15. The second-order valence-electron chi connectivity index (χ2n) is 6.41. The standard InChI is InChI=1S/C19H17ClN2O3S/c1-12-16(20)8-7-14-18(12)21-17-9-10-22(11-15(17)19(14)23)26(24,25)13-5-3-2-4-6-13/h2-8H,9-11H2,1H3,(H,21,23). The number of H-pyrrole nitrogens is 1. The van der Waals surface area contributed by atoms with E-state index in [1.165, 1.54) is 4.31 Å². The third kappa shape index (κ3) is 2.65. The van der Waals surface area contributed by atoms with Gasteiger partial charge in [-0.25, -0.2) is 8.42 Å². The number of halogens is 1. The summed E-state index contributed by atoms with van der Waals surface area (Å²) < 4.78 is 27.1. The van der Waals surface area contributed by atoms with Crippen molar-refractivity contribution in [2.24, 2.45) is 0 Å². The Balaban J connectivity index is 1.82. The quantitative estimate of drug-likeness (QED) is 0.732. The number of hydrogen-bond donors (Lipinski definition) is 1. The van der Waals surface area contributed by atoms with Crippen molar-refractivity contribution in [3.63, 3.8) is 0 Å². The minimum atomic E-state index is -3.63. The number of sulfonamides is 1. The molecule has 1 N–H and O–H groups in total. The highest BCUT2D eigenvalue weighted by Crippen LogP contribution is 2.27. The molecular weight excluding hydrogens is 372 g/mol. The summed E-state index contributed by atoms with van der Waals surface area (Å²) in [5.74, 6) is 0. The van der Waals surface area contributed by atoms with Gasteiger partial charge in [-0.2, -0.15) is 4.31 Å². The highest BCUT2D eigenvalue weighted by molar-refractivity contribution is 7.89. The van der Waals surface area contributed by atoms with Crippen LogP contribution in [0.25, 0.3) is 10.9 Å². The molecule has 0 radical (unpaired) electrons. The van der Waals surface area contributed by atoms with Gasteiger partial charge in [0.2, 0.25) is 10.0 Å². The number of rotatable bonds is 2. The largest absolute Gasteiger partial charge is 0.358 e. The van der Waals surface area contributed by atoms with E-state index < -0.39 is 10.0 Å². The summed E-state index contributed by atoms with van der Waals surface area (Å²) >= 11 is 6.16. The van der Waals surface area contributed by atoms with E-state index in [4.69, 9.17) is 11.6 Å². The molecule has 0 bridgehead atoms. The zero-order chi connectivity index (χ0) is 18.5. The van der Waals surface area contributed by atoms with Crippen molar-refractivity contribution in [3.05, 3.63) is 74.5 Å². The van der Waals surface area contributed by atoms with E-state index in [-0.39, 0.29) is 16.9 Å². The fraction of sp³-hybridized carbons (Fsp3) is 0.211. The van der Waals surface area contributed by atoms with Crippen molar-refractivity contribution < 1.29 is 8.42 Å². The molecule has 134 valence electrons. The Bertz CT molecular complexity index is 1170. The van der Waals surface area contributed by atoms with Gasteiger partial charge in [0, 0.05) is 41.2 Å². The molecule has 0 saturated heterocycles. The van der Waals surface area contributed by atoms with Crippen molar-refractivity contribution in [3.8, 4) is 0 Å². The zero-order valence-corrected chi connectivity index (χ0v) is 15.7. The monoisotopic (exact) mass is 388 g/mol. The molecule has 2 heterocycles. The molecule has 26 heavy (non-hydrogen) atoms. The molecular formula is C19H17ClN2O3S. The van der Waals surface area contributed by atoms with Crippen LogP contribution in [0.1, 0.15) is 16.8 Å². The topological polar surface area (TPSA) is 70.2 Å². The predicted octanol–water partition coefficient (Wildman–Crippen LogP) is 3.24. The van der Waals surface area contributed by atoms with Gasteiger partial charge < -0.3 is 4.98 Å². The Labute approximate surface area is 156 Å². The molecule has 0 atom stereocenters. The van der Waals surface area contributed by atoms with Gasteiger partial charge in [0.05, 0.1) is 10.4 Å². The smallest absolute Gasteiger partial charge is 0.243 e. The first kappa shape index (κ1) is 17.3. The van der Waals surface area contributed by atoms with E-state index in [2.05, 4.69) is 4.98 Å². The van der Waals surface area contributed by atoms with Crippen LogP contribution in [-0.2, 0) is 23.0 Å². The van der Waals surface area contributed by atoms with Gasteiger partial charge in [-0.05, 0) is 36.8 Å². The van der Waals surface area contributed by atoms with E-state index in [1.807, 2.05) is 6.92 Å². The zero-order valence-electron chi connectivity index (χ0n) is 14.1. The van der Waals surface area contributed by atoms with E-state index in [0.29, 0.717) is 28.9 Å². The van der Waals surface area contributed by atoms with Gasteiger partial charge in [-0.1, -0.05) is 29.8 Å². The number of nitrogens with one attached hydrogen (secondary N) is 1. The lowest BCUT2D eigenvalue weighted by Gasteiger charge is -2.28. The number of aryl methyl sites for hydroxylation is 1. The lowest BCUT2D eigenvalue weighted by Crippen LogP contribution is -2.39. The van der Waals surface area contributed by atoms with E-state index in [0.717, 1.165) is 16.8 Å². The van der Waals surface area contributed by atoms with Crippen molar-refractivity contribution in [1.29, 1.82) is 0 Å². The summed E-state index contributed by atoms with van der Waals surface area (Å²) in [5.41, 5.74) is 2.70. The molecule has 0 spiro atoms. The van der Waals surface area contributed by atoms with Crippen LogP contribution in [0.5, 0.6) is 0 Å². The second-order valence-corrected chi connectivity index (χ2v) is 8.75. The van der Waals surface area contributed by atoms with Crippen LogP contribution in [0.4, 0.5) is 0 Å². The SMILES string of the molecule is Cc1c(Cl)ccc2c(=O)c3c([nH]c12)CCN(S(=O)(=O)c1ccccc1)C3. The van der Waals surface area contributed by atoms with Gasteiger partial charge in [-0.3, -0.25) is 4.79 Å². The van der Waals surface area contributed by atoms with Crippen LogP contribution in [0.3, 0.4) is 0 Å². The molecule has 2 aromatic carbocycles. The Morgan fingerprint density at radius 3 is 2.58 bits per heavy atom. The fourth-order valence-electron chi connectivity index (χ4n) is 3.38. The summed E-state index contributed by atoms with van der Waals surface area (Å²) in [6, 6.07) is 11.7. The number of nitrogens with zero attached hydrogens (tertiary/aromatic N) is 1. The van der Waals surface area contributed by atoms with Crippen molar-refractivity contribution in [2.75, 3.05) is 6.54 Å². The molecule has 5 nitrogen and oxygen atoms in total. The van der Waals surface area contributed by atoms with Crippen molar-refractivity contribution >= 4 is 32.5 Å². The van der Waals surface area contributed by atoms with E-state index in [1.54, 1.807) is 42.5 Å². The van der Waals surface area contributed by atoms with Crippen LogP contribution in [0.2, 0.25) is 5.02 Å². The first-order valence-corrected chi connectivity index (χ1v) is 10.1.